The van der Waals surface area contributed by atoms with Crippen LogP contribution in [0.15, 0.2) is 53.7 Å². The summed E-state index contributed by atoms with van der Waals surface area (Å²) in [5.41, 5.74) is 2.05. The number of rotatable bonds is 7. The molecule has 0 N–H and O–H groups in total. The molecule has 0 atom stereocenters. The molecule has 2 aromatic carbocycles. The SMILES string of the molecule is C=NOCc1ccc(OCc2ccccc2)c(OC)c1. The minimum atomic E-state index is 0.360. The third-order valence-electron chi connectivity index (χ3n) is 2.79. The normalized spacial score (nSPS) is 9.85. The van der Waals surface area contributed by atoms with Crippen LogP contribution in [0.4, 0.5) is 0 Å². The van der Waals surface area contributed by atoms with Crippen LogP contribution in [0.25, 0.3) is 0 Å². The van der Waals surface area contributed by atoms with Crippen molar-refractivity contribution in [3.8, 4) is 11.5 Å². The fraction of sp³-hybridized carbons (Fsp3) is 0.188. The van der Waals surface area contributed by atoms with Crippen molar-refractivity contribution in [2.45, 2.75) is 13.2 Å². The van der Waals surface area contributed by atoms with Crippen LogP contribution in [0, 0.1) is 0 Å². The Bertz CT molecular complexity index is 555. The molecule has 0 saturated carbocycles. The largest absolute Gasteiger partial charge is 0.493 e. The van der Waals surface area contributed by atoms with E-state index in [1.807, 2.05) is 48.5 Å². The molecule has 0 aliphatic carbocycles. The van der Waals surface area contributed by atoms with E-state index in [0.29, 0.717) is 24.7 Å². The van der Waals surface area contributed by atoms with Gasteiger partial charge in [0.25, 0.3) is 0 Å². The van der Waals surface area contributed by atoms with Gasteiger partial charge in [-0.1, -0.05) is 36.4 Å². The standard InChI is InChI=1S/C16H17NO3/c1-17-20-12-14-8-9-15(16(10-14)18-2)19-11-13-6-4-3-5-7-13/h3-10H,1,11-12H2,2H3. The number of oxime groups is 1. The van der Waals surface area contributed by atoms with E-state index >= 15 is 0 Å². The van der Waals surface area contributed by atoms with Crippen LogP contribution in [0.2, 0.25) is 0 Å². The molecule has 0 aromatic heterocycles. The summed E-state index contributed by atoms with van der Waals surface area (Å²) in [7, 11) is 1.61. The molecular weight excluding hydrogens is 254 g/mol. The number of ether oxygens (including phenoxy) is 2. The Hall–Kier alpha value is -2.49. The second kappa shape index (κ2) is 7.19. The van der Waals surface area contributed by atoms with Gasteiger partial charge in [0.2, 0.25) is 0 Å². The average molecular weight is 271 g/mol. The van der Waals surface area contributed by atoms with Crippen LogP contribution in [0.5, 0.6) is 11.5 Å². The van der Waals surface area contributed by atoms with Crippen LogP contribution in [-0.4, -0.2) is 13.8 Å². The maximum Gasteiger partial charge on any atom is 0.161 e. The summed E-state index contributed by atoms with van der Waals surface area (Å²) in [6.07, 6.45) is 0. The fourth-order valence-corrected chi connectivity index (χ4v) is 1.78. The van der Waals surface area contributed by atoms with Gasteiger partial charge in [-0.2, -0.15) is 0 Å². The van der Waals surface area contributed by atoms with Gasteiger partial charge in [-0.25, -0.2) is 0 Å². The maximum atomic E-state index is 5.77. The zero-order valence-corrected chi connectivity index (χ0v) is 11.4. The number of hydrogen-bond donors (Lipinski definition) is 0. The van der Waals surface area contributed by atoms with Crippen LogP contribution < -0.4 is 9.47 Å². The first-order valence-electron chi connectivity index (χ1n) is 6.25. The molecule has 0 unspecified atom stereocenters. The highest BCUT2D eigenvalue weighted by Crippen LogP contribution is 2.29. The van der Waals surface area contributed by atoms with Crippen molar-refractivity contribution in [2.24, 2.45) is 5.16 Å². The minimum Gasteiger partial charge on any atom is -0.493 e. The van der Waals surface area contributed by atoms with Crippen molar-refractivity contribution in [1.82, 2.24) is 0 Å². The molecule has 0 aliphatic rings. The van der Waals surface area contributed by atoms with E-state index in [1.54, 1.807) is 7.11 Å². The molecule has 0 bridgehead atoms. The lowest BCUT2D eigenvalue weighted by Crippen LogP contribution is -1.98. The van der Waals surface area contributed by atoms with Gasteiger partial charge in [0.15, 0.2) is 11.5 Å². The smallest absolute Gasteiger partial charge is 0.161 e. The van der Waals surface area contributed by atoms with Crippen LogP contribution in [0.1, 0.15) is 11.1 Å². The molecule has 0 amide bonds. The molecule has 4 heteroatoms. The van der Waals surface area contributed by atoms with Gasteiger partial charge >= 0.3 is 0 Å². The van der Waals surface area contributed by atoms with Gasteiger partial charge in [-0.05, 0) is 23.3 Å². The molecule has 0 radical (unpaired) electrons. The monoisotopic (exact) mass is 271 g/mol. The van der Waals surface area contributed by atoms with Crippen molar-refractivity contribution in [1.29, 1.82) is 0 Å². The first kappa shape index (κ1) is 13.9. The Labute approximate surface area is 118 Å². The van der Waals surface area contributed by atoms with Crippen molar-refractivity contribution >= 4 is 6.72 Å². The van der Waals surface area contributed by atoms with Crippen LogP contribution in [-0.2, 0) is 18.1 Å². The summed E-state index contributed by atoms with van der Waals surface area (Å²) in [6, 6.07) is 15.6. The van der Waals surface area contributed by atoms with E-state index in [0.717, 1.165) is 11.1 Å². The van der Waals surface area contributed by atoms with Gasteiger partial charge in [-0.3, -0.25) is 0 Å². The summed E-state index contributed by atoms with van der Waals surface area (Å²) in [6.45, 7) is 4.13. The van der Waals surface area contributed by atoms with E-state index in [1.165, 1.54) is 0 Å². The predicted molar refractivity (Wildman–Crippen MR) is 78.1 cm³/mol. The molecular formula is C16H17NO3. The first-order chi connectivity index (χ1) is 9.83. The van der Waals surface area contributed by atoms with Gasteiger partial charge < -0.3 is 14.3 Å². The van der Waals surface area contributed by atoms with Gasteiger partial charge in [0, 0.05) is 6.72 Å². The van der Waals surface area contributed by atoms with Crippen molar-refractivity contribution in [3.63, 3.8) is 0 Å². The Morgan fingerprint density at radius 3 is 2.45 bits per heavy atom. The van der Waals surface area contributed by atoms with E-state index in [9.17, 15) is 0 Å². The van der Waals surface area contributed by atoms with Crippen LogP contribution >= 0.6 is 0 Å². The Balaban J connectivity index is 2.05. The fourth-order valence-electron chi connectivity index (χ4n) is 1.78. The Kier molecular flexibility index (Phi) is 5.00. The summed E-state index contributed by atoms with van der Waals surface area (Å²) >= 11 is 0. The van der Waals surface area contributed by atoms with Crippen molar-refractivity contribution < 1.29 is 14.3 Å². The van der Waals surface area contributed by atoms with Gasteiger partial charge in [0.1, 0.15) is 13.2 Å². The maximum absolute atomic E-state index is 5.77. The molecule has 0 aliphatic heterocycles. The van der Waals surface area contributed by atoms with E-state index in [-0.39, 0.29) is 0 Å². The summed E-state index contributed by atoms with van der Waals surface area (Å²) in [5.74, 6) is 1.37. The molecule has 0 saturated heterocycles. The predicted octanol–water partition coefficient (Wildman–Crippen LogP) is 3.41. The van der Waals surface area contributed by atoms with Crippen molar-refractivity contribution in [2.75, 3.05) is 7.11 Å². The third-order valence-corrected chi connectivity index (χ3v) is 2.79. The lowest BCUT2D eigenvalue weighted by molar-refractivity contribution is 0.133. The highest BCUT2D eigenvalue weighted by molar-refractivity contribution is 5.43. The average Bonchev–Trinajstić information content (AvgIpc) is 2.52. The Morgan fingerprint density at radius 1 is 0.950 bits per heavy atom. The quantitative estimate of drug-likeness (QED) is 0.572. The molecule has 104 valence electrons. The third kappa shape index (κ3) is 3.75. The minimum absolute atomic E-state index is 0.360. The van der Waals surface area contributed by atoms with E-state index in [2.05, 4.69) is 11.9 Å². The zero-order valence-electron chi connectivity index (χ0n) is 11.4. The number of nitrogens with zero attached hydrogens (tertiary/aromatic N) is 1. The number of methoxy groups -OCH3 is 1. The molecule has 0 heterocycles. The topological polar surface area (TPSA) is 40.0 Å². The summed E-state index contributed by atoms with van der Waals surface area (Å²) in [4.78, 5) is 4.91. The number of benzene rings is 2. The van der Waals surface area contributed by atoms with Gasteiger partial charge in [0.05, 0.1) is 7.11 Å². The van der Waals surface area contributed by atoms with E-state index in [4.69, 9.17) is 14.3 Å². The molecule has 2 rings (SSSR count). The molecule has 4 nitrogen and oxygen atoms in total. The first-order valence-corrected chi connectivity index (χ1v) is 6.25. The molecule has 0 spiro atoms. The van der Waals surface area contributed by atoms with Crippen LogP contribution in [0.3, 0.4) is 0 Å². The highest BCUT2D eigenvalue weighted by Gasteiger charge is 2.06. The van der Waals surface area contributed by atoms with Crippen molar-refractivity contribution in [3.05, 3.63) is 59.7 Å². The lowest BCUT2D eigenvalue weighted by atomic mass is 10.2. The van der Waals surface area contributed by atoms with Gasteiger partial charge in [-0.15, -0.1) is 5.16 Å². The van der Waals surface area contributed by atoms with E-state index < -0.39 is 0 Å². The Morgan fingerprint density at radius 2 is 1.75 bits per heavy atom. The second-order valence-electron chi connectivity index (χ2n) is 4.16. The zero-order chi connectivity index (χ0) is 14.2. The second-order valence-corrected chi connectivity index (χ2v) is 4.16. The number of hydrogen-bond acceptors (Lipinski definition) is 4. The molecule has 20 heavy (non-hydrogen) atoms. The summed E-state index contributed by atoms with van der Waals surface area (Å²) in [5, 5.41) is 3.36. The molecule has 0 fully saturated rings. The molecule has 2 aromatic rings. The summed E-state index contributed by atoms with van der Waals surface area (Å²) < 4.78 is 11.1. The lowest BCUT2D eigenvalue weighted by Gasteiger charge is -2.12. The highest BCUT2D eigenvalue weighted by atomic mass is 16.6.